The van der Waals surface area contributed by atoms with E-state index < -0.39 is 17.8 Å². The Hall–Kier alpha value is -2.31. The maximum Gasteiger partial charge on any atom is 0.416 e. The van der Waals surface area contributed by atoms with Crippen molar-refractivity contribution in [1.82, 2.24) is 15.5 Å². The molecule has 1 aromatic heterocycles. The molecule has 0 saturated heterocycles. The zero-order chi connectivity index (χ0) is 16.2. The topological polar surface area (TPSA) is 57.8 Å². The van der Waals surface area contributed by atoms with Crippen LogP contribution in [-0.2, 0) is 17.4 Å². The number of H-pyrrole nitrogens is 1. The Bertz CT molecular complexity index is 623. The predicted octanol–water partition coefficient (Wildman–Crippen LogP) is 3.24. The number of halogens is 3. The lowest BCUT2D eigenvalue weighted by Gasteiger charge is -2.19. The van der Waals surface area contributed by atoms with Crippen molar-refractivity contribution in [3.05, 3.63) is 53.3 Å². The van der Waals surface area contributed by atoms with Crippen molar-refractivity contribution in [3.63, 3.8) is 0 Å². The van der Waals surface area contributed by atoms with Crippen molar-refractivity contribution in [2.45, 2.75) is 32.0 Å². The molecule has 0 aliphatic rings. The average Bonchev–Trinajstić information content (AvgIpc) is 2.97. The summed E-state index contributed by atoms with van der Waals surface area (Å²) >= 11 is 0. The number of carbonyl (C=O) groups excluding carboxylic acids is 1. The zero-order valence-electron chi connectivity index (χ0n) is 11.9. The summed E-state index contributed by atoms with van der Waals surface area (Å²) in [6.45, 7) is 1.54. The van der Waals surface area contributed by atoms with E-state index in [9.17, 15) is 18.0 Å². The molecule has 0 bridgehead atoms. The number of aryl methyl sites for hydroxylation is 1. The number of amides is 1. The van der Waals surface area contributed by atoms with E-state index in [-0.39, 0.29) is 17.9 Å². The second kappa shape index (κ2) is 6.64. The van der Waals surface area contributed by atoms with Crippen LogP contribution in [0.5, 0.6) is 0 Å². The molecule has 2 N–H and O–H groups in total. The lowest BCUT2D eigenvalue weighted by Crippen LogP contribution is -2.28. The van der Waals surface area contributed by atoms with Gasteiger partial charge in [-0.3, -0.25) is 9.89 Å². The first-order valence-corrected chi connectivity index (χ1v) is 6.81. The molecule has 4 nitrogen and oxygen atoms in total. The molecule has 0 saturated carbocycles. The highest BCUT2D eigenvalue weighted by Crippen LogP contribution is 2.34. The van der Waals surface area contributed by atoms with E-state index in [1.165, 1.54) is 18.2 Å². The molecule has 0 spiro atoms. The third kappa shape index (κ3) is 4.09. The Morgan fingerprint density at radius 1 is 1.36 bits per heavy atom. The van der Waals surface area contributed by atoms with E-state index in [0.717, 1.165) is 11.6 Å². The summed E-state index contributed by atoms with van der Waals surface area (Å²) in [6, 6.07) is 4.54. The van der Waals surface area contributed by atoms with Crippen LogP contribution in [-0.4, -0.2) is 16.1 Å². The Kier molecular flexibility index (Phi) is 4.85. The third-order valence-corrected chi connectivity index (χ3v) is 3.31. The SMILES string of the molecule is CC(NC(=O)CCc1cn[nH]c1)c1ccccc1C(F)(F)F. The fraction of sp³-hybridized carbons (Fsp3) is 0.333. The molecule has 2 rings (SSSR count). The maximum absolute atomic E-state index is 13.0. The number of nitrogens with zero attached hydrogens (tertiary/aromatic N) is 1. The minimum atomic E-state index is -4.44. The number of nitrogens with one attached hydrogen (secondary N) is 2. The van der Waals surface area contributed by atoms with Gasteiger partial charge < -0.3 is 5.32 Å². The molecule has 22 heavy (non-hydrogen) atoms. The molecule has 0 aliphatic heterocycles. The van der Waals surface area contributed by atoms with E-state index in [4.69, 9.17) is 0 Å². The number of benzene rings is 1. The largest absolute Gasteiger partial charge is 0.416 e. The van der Waals surface area contributed by atoms with E-state index in [0.29, 0.717) is 6.42 Å². The van der Waals surface area contributed by atoms with Crippen molar-refractivity contribution < 1.29 is 18.0 Å². The van der Waals surface area contributed by atoms with Crippen molar-refractivity contribution >= 4 is 5.91 Å². The van der Waals surface area contributed by atoms with Gasteiger partial charge in [0.1, 0.15) is 0 Å². The number of hydrogen-bond acceptors (Lipinski definition) is 2. The van der Waals surface area contributed by atoms with Crippen molar-refractivity contribution in [1.29, 1.82) is 0 Å². The fourth-order valence-corrected chi connectivity index (χ4v) is 2.20. The van der Waals surface area contributed by atoms with Gasteiger partial charge in [-0.25, -0.2) is 0 Å². The minimum absolute atomic E-state index is 0.0617. The Morgan fingerprint density at radius 2 is 2.09 bits per heavy atom. The van der Waals surface area contributed by atoms with Gasteiger partial charge >= 0.3 is 6.18 Å². The Morgan fingerprint density at radius 3 is 2.73 bits per heavy atom. The third-order valence-electron chi connectivity index (χ3n) is 3.31. The normalized spacial score (nSPS) is 12.9. The van der Waals surface area contributed by atoms with Gasteiger partial charge in [-0.15, -0.1) is 0 Å². The first-order valence-electron chi connectivity index (χ1n) is 6.81. The molecule has 1 aromatic carbocycles. The Balaban J connectivity index is 2.00. The van der Waals surface area contributed by atoms with Gasteiger partial charge in [0.15, 0.2) is 0 Å². The quantitative estimate of drug-likeness (QED) is 0.890. The molecule has 1 amide bonds. The van der Waals surface area contributed by atoms with Gasteiger partial charge in [0, 0.05) is 12.6 Å². The summed E-state index contributed by atoms with van der Waals surface area (Å²) in [5.74, 6) is -0.300. The molecule has 1 heterocycles. The number of aromatic nitrogens is 2. The number of aromatic amines is 1. The number of hydrogen-bond donors (Lipinski definition) is 2. The van der Waals surface area contributed by atoms with E-state index in [1.54, 1.807) is 19.3 Å². The molecule has 0 fully saturated rings. The van der Waals surface area contributed by atoms with Crippen LogP contribution >= 0.6 is 0 Å². The Labute approximate surface area is 125 Å². The second-order valence-electron chi connectivity index (χ2n) is 4.98. The molecular weight excluding hydrogens is 295 g/mol. The van der Waals surface area contributed by atoms with Crippen LogP contribution in [0.3, 0.4) is 0 Å². The summed E-state index contributed by atoms with van der Waals surface area (Å²) in [4.78, 5) is 11.9. The van der Waals surface area contributed by atoms with Crippen molar-refractivity contribution in [3.8, 4) is 0 Å². The number of carbonyl (C=O) groups is 1. The molecule has 0 radical (unpaired) electrons. The number of alkyl halides is 3. The average molecular weight is 311 g/mol. The van der Waals surface area contributed by atoms with Crippen LogP contribution in [0.2, 0.25) is 0 Å². The summed E-state index contributed by atoms with van der Waals surface area (Å²) in [6.07, 6.45) is -0.480. The lowest BCUT2D eigenvalue weighted by molar-refractivity contribution is -0.138. The fourth-order valence-electron chi connectivity index (χ4n) is 2.20. The molecule has 118 valence electrons. The first-order chi connectivity index (χ1) is 10.4. The van der Waals surface area contributed by atoms with Gasteiger partial charge in [0.05, 0.1) is 17.8 Å². The molecule has 1 atom stereocenters. The van der Waals surface area contributed by atoms with E-state index >= 15 is 0 Å². The van der Waals surface area contributed by atoms with E-state index in [2.05, 4.69) is 15.5 Å². The lowest BCUT2D eigenvalue weighted by atomic mass is 10.0. The number of rotatable bonds is 5. The van der Waals surface area contributed by atoms with Gasteiger partial charge in [0.25, 0.3) is 0 Å². The van der Waals surface area contributed by atoms with Crippen LogP contribution in [0.25, 0.3) is 0 Å². The van der Waals surface area contributed by atoms with Gasteiger partial charge in [0.2, 0.25) is 5.91 Å². The second-order valence-corrected chi connectivity index (χ2v) is 4.98. The van der Waals surface area contributed by atoms with Crippen LogP contribution in [0.4, 0.5) is 13.2 Å². The highest BCUT2D eigenvalue weighted by molar-refractivity contribution is 5.76. The van der Waals surface area contributed by atoms with Crippen LogP contribution in [0.1, 0.15) is 36.1 Å². The maximum atomic E-state index is 13.0. The highest BCUT2D eigenvalue weighted by atomic mass is 19.4. The monoisotopic (exact) mass is 311 g/mol. The standard InChI is InChI=1S/C15H16F3N3O/c1-10(12-4-2-3-5-13(12)15(16,17)18)21-14(22)7-6-11-8-19-20-9-11/h2-5,8-10H,6-7H2,1H3,(H,19,20)(H,21,22). The summed E-state index contributed by atoms with van der Waals surface area (Å²) < 4.78 is 38.9. The molecule has 0 aliphatic carbocycles. The zero-order valence-corrected chi connectivity index (χ0v) is 11.9. The van der Waals surface area contributed by atoms with Gasteiger partial charge in [-0.1, -0.05) is 18.2 Å². The summed E-state index contributed by atoms with van der Waals surface area (Å²) in [5.41, 5.74) is 0.211. The highest BCUT2D eigenvalue weighted by Gasteiger charge is 2.34. The summed E-state index contributed by atoms with van der Waals surface area (Å²) in [7, 11) is 0. The van der Waals surface area contributed by atoms with Crippen LogP contribution in [0.15, 0.2) is 36.7 Å². The first kappa shape index (κ1) is 16.1. The summed E-state index contributed by atoms with van der Waals surface area (Å²) in [5, 5.41) is 9.00. The minimum Gasteiger partial charge on any atom is -0.350 e. The van der Waals surface area contributed by atoms with Gasteiger partial charge in [-0.2, -0.15) is 18.3 Å². The van der Waals surface area contributed by atoms with Crippen LogP contribution in [0, 0.1) is 0 Å². The molecular formula is C15H16F3N3O. The van der Waals surface area contributed by atoms with Crippen LogP contribution < -0.4 is 5.32 Å². The van der Waals surface area contributed by atoms with Crippen molar-refractivity contribution in [2.75, 3.05) is 0 Å². The van der Waals surface area contributed by atoms with Crippen molar-refractivity contribution in [2.24, 2.45) is 0 Å². The smallest absolute Gasteiger partial charge is 0.350 e. The van der Waals surface area contributed by atoms with E-state index in [1.807, 2.05) is 0 Å². The molecule has 2 aromatic rings. The van der Waals surface area contributed by atoms with Gasteiger partial charge in [-0.05, 0) is 30.5 Å². The molecule has 7 heteroatoms. The predicted molar refractivity (Wildman–Crippen MR) is 74.9 cm³/mol. The molecule has 1 unspecified atom stereocenters.